The molecule has 15 aromatic heterocycles. The third kappa shape index (κ3) is 25.9. The maximum absolute atomic E-state index is 13.5. The number of methoxy groups -OCH3 is 1. The molecule has 22 aromatic rings. The smallest absolute Gasteiger partial charge is 0.312 e. The second-order valence-electron chi connectivity index (χ2n) is 32.4. The van der Waals surface area contributed by atoms with Gasteiger partial charge in [-0.15, -0.1) is 0 Å². The predicted molar refractivity (Wildman–Crippen MR) is 553 cm³/mol. The highest BCUT2D eigenvalue weighted by atomic mass is 35.5. The van der Waals surface area contributed by atoms with E-state index in [1.807, 2.05) is 274 Å². The Morgan fingerprint density at radius 1 is 0.354 bits per heavy atom. The minimum Gasteiger partial charge on any atom is -0.497 e. The second-order valence-corrected chi connectivity index (χ2v) is 33.1. The molecule has 7 aromatic carbocycles. The van der Waals surface area contributed by atoms with Gasteiger partial charge in [-0.2, -0.15) is 88.0 Å². The van der Waals surface area contributed by atoms with E-state index in [1.165, 1.54) is 22.3 Å². The lowest BCUT2D eigenvalue weighted by Crippen LogP contribution is -2.17. The van der Waals surface area contributed by atoms with Crippen molar-refractivity contribution in [2.24, 2.45) is 49.3 Å². The van der Waals surface area contributed by atoms with E-state index < -0.39 is 18.2 Å². The number of nitrogen functional groups attached to an aromatic ring is 1. The molecule has 0 aliphatic heterocycles. The van der Waals surface area contributed by atoms with Crippen LogP contribution in [0.2, 0.25) is 10.6 Å². The van der Waals surface area contributed by atoms with Crippen molar-refractivity contribution in [2.75, 3.05) is 62.0 Å². The van der Waals surface area contributed by atoms with Crippen molar-refractivity contribution in [2.45, 2.75) is 51.9 Å². The Kier molecular flexibility index (Phi) is 32.7. The maximum atomic E-state index is 13.5. The molecule has 1 atom stereocenters. The van der Waals surface area contributed by atoms with Crippen molar-refractivity contribution in [1.82, 2.24) is 132 Å². The monoisotopic (exact) mass is 1970 g/mol. The largest absolute Gasteiger partial charge is 0.497 e. The van der Waals surface area contributed by atoms with Crippen LogP contribution in [-0.4, -0.2) is 151 Å². The molecule has 0 spiro atoms. The van der Waals surface area contributed by atoms with Gasteiger partial charge in [0.05, 0.1) is 61.2 Å². The molecule has 43 heteroatoms. The van der Waals surface area contributed by atoms with Gasteiger partial charge in [0.25, 0.3) is 0 Å². The van der Waals surface area contributed by atoms with Crippen molar-refractivity contribution >= 4 is 154 Å². The van der Waals surface area contributed by atoms with E-state index in [4.69, 9.17) is 33.7 Å². The van der Waals surface area contributed by atoms with Crippen LogP contribution in [0.25, 0.3) is 77.8 Å². The molecule has 22 rings (SSSR count). The summed E-state index contributed by atoms with van der Waals surface area (Å²) in [7, 11) is 14.5. The topological polar surface area (TPSA) is 444 Å². The lowest BCUT2D eigenvalue weighted by atomic mass is 10.1. The van der Waals surface area contributed by atoms with E-state index in [-0.39, 0.29) is 29.2 Å². The van der Waals surface area contributed by atoms with Crippen LogP contribution >= 0.6 is 23.2 Å². The summed E-state index contributed by atoms with van der Waals surface area (Å²) in [6.45, 7) is 4.21. The van der Waals surface area contributed by atoms with Crippen LogP contribution in [0.4, 0.5) is 65.8 Å². The van der Waals surface area contributed by atoms with Crippen molar-refractivity contribution in [3.05, 3.63) is 360 Å². The minimum atomic E-state index is -0.778. The number of hydrogen-bond acceptors (Lipinski definition) is 31. The summed E-state index contributed by atoms with van der Waals surface area (Å²) in [5.41, 5.74) is 21.4. The molecular formula is C101H99Cl2F3N36O2. The Labute approximate surface area is 832 Å². The number of nitrogens with two attached hydrogens (primary N) is 1. The van der Waals surface area contributed by atoms with Crippen LogP contribution in [0.3, 0.4) is 0 Å². The van der Waals surface area contributed by atoms with Crippen LogP contribution < -0.4 is 53.0 Å². The second kappa shape index (κ2) is 47.6. The number of aliphatic hydroxyl groups is 1. The molecular weight excluding hydrogens is 1880 g/mol. The fourth-order valence-corrected chi connectivity index (χ4v) is 15.1. The third-order valence-corrected chi connectivity index (χ3v) is 22.4. The summed E-state index contributed by atoms with van der Waals surface area (Å²) in [6, 6.07) is 75.2. The number of anilines is 9. The fourth-order valence-electron chi connectivity index (χ4n) is 14.8. The highest BCUT2D eigenvalue weighted by molar-refractivity contribution is 6.29. The molecule has 0 aliphatic rings. The summed E-state index contributed by atoms with van der Waals surface area (Å²) in [5.74, 6) is 5.55. The number of hydrogen-bond donors (Lipinski definition) is 10. The van der Waals surface area contributed by atoms with E-state index >= 15 is 0 Å². The van der Waals surface area contributed by atoms with E-state index in [0.717, 1.165) is 78.0 Å². The van der Waals surface area contributed by atoms with Crippen LogP contribution in [0.5, 0.6) is 5.75 Å². The van der Waals surface area contributed by atoms with Crippen LogP contribution in [-0.2, 0) is 95.1 Å². The van der Waals surface area contributed by atoms with Gasteiger partial charge in [0, 0.05) is 126 Å². The summed E-state index contributed by atoms with van der Waals surface area (Å²) < 4.78 is 57.8. The predicted octanol–water partition coefficient (Wildman–Crippen LogP) is 16.9. The number of pyridine rings is 1. The quantitative estimate of drug-likeness (QED) is 0.0225. The normalized spacial score (nSPS) is 11.1. The van der Waals surface area contributed by atoms with Crippen molar-refractivity contribution in [3.63, 3.8) is 0 Å². The molecule has 730 valence electrons. The van der Waals surface area contributed by atoms with Gasteiger partial charge in [0.2, 0.25) is 22.5 Å². The highest BCUT2D eigenvalue weighted by Gasteiger charge is 2.21. The SMILES string of the molecule is COc1cccc(CNc2nc(F)nc3c2ncn3C)c1.Cn1cc2c(NCc3ccccc3)nc(Cl)nc2n1.Cn1ccc2c(NCc3ccccc3)nc(F)nc21.Cn1ccc2c(NCc3ccccc3)nc(N[C@H](CO)c3ccccc3)nc21.Cn1cnc2c(NCc3ccccc3)nc(Cl)nc21.Cn1cnc2c(NCc3ccccc3)nc(N)nc21.Cn1cnc2c(NCc3cccnc3)nc(F)nc21. The van der Waals surface area contributed by atoms with E-state index in [2.05, 4.69) is 167 Å². The zero-order chi connectivity index (χ0) is 100. The van der Waals surface area contributed by atoms with Gasteiger partial charge in [0.15, 0.2) is 73.6 Å². The molecule has 0 saturated carbocycles. The third-order valence-electron chi connectivity index (χ3n) is 22.0. The molecule has 0 saturated heterocycles. The number of nitrogens with one attached hydrogen (secondary N) is 8. The Morgan fingerprint density at radius 3 is 1.17 bits per heavy atom. The molecule has 0 fully saturated rings. The van der Waals surface area contributed by atoms with Crippen molar-refractivity contribution in [3.8, 4) is 5.75 Å². The fraction of sp³-hybridized carbons (Fsp3) is 0.168. The average molecular weight is 1980 g/mol. The molecule has 0 aliphatic carbocycles. The summed E-state index contributed by atoms with van der Waals surface area (Å²) in [5, 5.41) is 42.9. The number of aromatic nitrogens is 27. The molecule has 0 radical (unpaired) electrons. The number of rotatable bonds is 26. The van der Waals surface area contributed by atoms with Crippen molar-refractivity contribution < 1.29 is 23.0 Å². The number of nitrogens with zero attached hydrogens (tertiary/aromatic N) is 27. The zero-order valence-corrected chi connectivity index (χ0v) is 80.8. The maximum Gasteiger partial charge on any atom is 0.312 e. The van der Waals surface area contributed by atoms with Gasteiger partial charge < -0.3 is 85.5 Å². The standard InChI is InChI=1S/C22H23N5O.C14H14FN5O.C14H13FN4.2C13H12ClN5.C13H14N6.C12H11FN6/c1-27-13-12-18-20(23-14-16-8-4-2-5-9-16)25-22(26-21(18)27)24-19(15-28)17-10-6-3-7-11-17;1-20-8-17-11-12(18-14(15)19-13(11)20)16-7-9-4-3-5-10(6-9)21-2;1-19-8-7-11-12(17-14(15)18-13(11)19)16-9-10-5-3-2-4-6-10;1-19-8-16-10-11(17-13(14)18-12(10)19)15-7-9-5-3-2-4-6-9;1-19-8-10-11(16-13(14)17-12(10)18-19)15-7-9-5-3-2-4-6-9;1-19-8-16-10-11(17-13(14)18-12(10)19)15-7-9-5-3-2-4-6-9;1-19-7-16-9-10(17-12(13)18-11(9)19)15-6-8-3-2-4-14-5-8/h2-13,19,28H,14-15H2,1H3,(H2,23,24,25,26);3-6,8H,7H2,1-2H3,(H,16,18,19);2-8H,9H2,1H3,(H,16,17,18);2-6,8H,7H2,1H3,(H,15,17,18);2-6,8H,7H2,1H3,(H,15,16,17,18);2-6,8H,7H2,1H3,(H3,14,15,17,18);2-5,7H,6H2,1H3,(H,15,17,18)/t19-;;;;;;/m1....../s1. The van der Waals surface area contributed by atoms with Crippen LogP contribution in [0.1, 0.15) is 50.5 Å². The number of fused-ring (bicyclic) bond motifs is 7. The number of ether oxygens (including phenoxy) is 1. The Morgan fingerprint density at radius 2 is 0.715 bits per heavy atom. The Balaban J connectivity index is 0.000000121. The van der Waals surface area contributed by atoms with Gasteiger partial charge in [-0.3, -0.25) is 9.67 Å². The van der Waals surface area contributed by atoms with E-state index in [0.29, 0.717) is 120 Å². The minimum absolute atomic E-state index is 0.0503. The number of aryl methyl sites for hydroxylation is 7. The first kappa shape index (κ1) is 99.0. The zero-order valence-electron chi connectivity index (χ0n) is 79.3. The highest BCUT2D eigenvalue weighted by Crippen LogP contribution is 2.31. The number of aliphatic hydroxyl groups excluding tert-OH is 1. The lowest BCUT2D eigenvalue weighted by molar-refractivity contribution is 0.276. The summed E-state index contributed by atoms with van der Waals surface area (Å²) in [6.07, 6.45) is 13.4. The van der Waals surface area contributed by atoms with Gasteiger partial charge in [-0.25, -0.2) is 19.9 Å². The Bertz CT molecular complexity index is 7390. The lowest BCUT2D eigenvalue weighted by Gasteiger charge is -2.18. The van der Waals surface area contributed by atoms with Gasteiger partial charge in [0.1, 0.15) is 34.5 Å². The number of benzene rings is 7. The van der Waals surface area contributed by atoms with Gasteiger partial charge in [-0.05, 0) is 98.0 Å². The number of halogens is 5. The Hall–Kier alpha value is -18.0. The van der Waals surface area contributed by atoms with E-state index in [1.54, 1.807) is 77.3 Å². The molecule has 144 heavy (non-hydrogen) atoms. The van der Waals surface area contributed by atoms with E-state index in [9.17, 15) is 18.3 Å². The number of imidazole rings is 4. The first-order valence-electron chi connectivity index (χ1n) is 45.1. The molecule has 15 heterocycles. The average Bonchev–Trinajstić information content (AvgIpc) is 1.53. The molecule has 0 bridgehead atoms. The van der Waals surface area contributed by atoms with Gasteiger partial charge >= 0.3 is 18.2 Å². The molecule has 0 amide bonds. The summed E-state index contributed by atoms with van der Waals surface area (Å²) >= 11 is 11.8. The van der Waals surface area contributed by atoms with Crippen LogP contribution in [0, 0.1) is 18.2 Å². The first-order chi connectivity index (χ1) is 70.1. The summed E-state index contributed by atoms with van der Waals surface area (Å²) in [4.78, 5) is 78.0. The molecule has 38 nitrogen and oxygen atoms in total. The van der Waals surface area contributed by atoms with Crippen molar-refractivity contribution in [1.29, 1.82) is 0 Å². The molecule has 0 unspecified atom stereocenters. The van der Waals surface area contributed by atoms with Gasteiger partial charge in [-0.1, -0.05) is 200 Å². The molecule has 11 N–H and O–H groups in total. The first-order valence-corrected chi connectivity index (χ1v) is 45.8. The van der Waals surface area contributed by atoms with Crippen LogP contribution in [0.15, 0.2) is 287 Å².